The van der Waals surface area contributed by atoms with Gasteiger partial charge in [0.15, 0.2) is 0 Å². The summed E-state index contributed by atoms with van der Waals surface area (Å²) in [7, 11) is -3.38. The highest BCUT2D eigenvalue weighted by atomic mass is 32.2. The molecule has 2 aromatic rings. The molecule has 0 bridgehead atoms. The van der Waals surface area contributed by atoms with E-state index in [4.69, 9.17) is 0 Å². The average Bonchev–Trinajstić information content (AvgIpc) is 2.74. The van der Waals surface area contributed by atoms with Crippen LogP contribution in [0, 0.1) is 0 Å². The van der Waals surface area contributed by atoms with E-state index < -0.39 is 10.0 Å². The monoisotopic (exact) mass is 410 g/mol. The highest BCUT2D eigenvalue weighted by Crippen LogP contribution is 2.30. The molecule has 0 spiro atoms. The molecule has 1 aliphatic carbocycles. The minimum atomic E-state index is -3.38. The molecule has 29 heavy (non-hydrogen) atoms. The quantitative estimate of drug-likeness (QED) is 0.442. The number of allylic oxidation sites excluding steroid dienone is 4. The molecule has 3 rings (SSSR count). The van der Waals surface area contributed by atoms with Gasteiger partial charge in [0.05, 0.1) is 18.3 Å². The fourth-order valence-electron chi connectivity index (χ4n) is 3.73. The lowest BCUT2D eigenvalue weighted by Gasteiger charge is -2.29. The van der Waals surface area contributed by atoms with Gasteiger partial charge >= 0.3 is 0 Å². The molecular formula is C24H30N2O2S. The SMILES string of the molecule is CS(=O)(=O)NC(c1ccccc1)C(NCCCC1=CCC=CC1)c1ccccc1. The lowest BCUT2D eigenvalue weighted by Crippen LogP contribution is -2.38. The molecule has 2 atom stereocenters. The molecule has 0 radical (unpaired) electrons. The van der Waals surface area contributed by atoms with Crippen LogP contribution in [0.5, 0.6) is 0 Å². The second kappa shape index (κ2) is 10.5. The van der Waals surface area contributed by atoms with Crippen molar-refractivity contribution in [2.24, 2.45) is 0 Å². The van der Waals surface area contributed by atoms with E-state index in [2.05, 4.69) is 28.3 Å². The van der Waals surface area contributed by atoms with Crippen LogP contribution in [0.3, 0.4) is 0 Å². The van der Waals surface area contributed by atoms with Crippen molar-refractivity contribution in [3.8, 4) is 0 Å². The van der Waals surface area contributed by atoms with E-state index in [0.29, 0.717) is 0 Å². The van der Waals surface area contributed by atoms with Crippen LogP contribution in [0.4, 0.5) is 0 Å². The summed E-state index contributed by atoms with van der Waals surface area (Å²) in [6.45, 7) is 0.815. The number of hydrogen-bond donors (Lipinski definition) is 2. The zero-order valence-electron chi connectivity index (χ0n) is 16.9. The normalized spacial score (nSPS) is 16.2. The Morgan fingerprint density at radius 2 is 1.52 bits per heavy atom. The highest BCUT2D eigenvalue weighted by Gasteiger charge is 2.27. The van der Waals surface area contributed by atoms with Crippen molar-refractivity contribution >= 4 is 10.0 Å². The zero-order valence-corrected chi connectivity index (χ0v) is 17.7. The Kier molecular flexibility index (Phi) is 7.81. The number of benzene rings is 2. The summed E-state index contributed by atoms with van der Waals surface area (Å²) in [5.74, 6) is 0. The summed E-state index contributed by atoms with van der Waals surface area (Å²) in [5, 5.41) is 3.62. The van der Waals surface area contributed by atoms with Crippen molar-refractivity contribution in [2.75, 3.05) is 12.8 Å². The third-order valence-corrected chi connectivity index (χ3v) is 5.80. The molecule has 2 unspecified atom stereocenters. The molecule has 0 heterocycles. The van der Waals surface area contributed by atoms with Crippen LogP contribution >= 0.6 is 0 Å². The summed E-state index contributed by atoms with van der Waals surface area (Å²) in [6, 6.07) is 19.3. The predicted molar refractivity (Wildman–Crippen MR) is 120 cm³/mol. The predicted octanol–water partition coefficient (Wildman–Crippen LogP) is 4.66. The van der Waals surface area contributed by atoms with E-state index in [1.807, 2.05) is 60.7 Å². The van der Waals surface area contributed by atoms with Crippen LogP contribution in [0.15, 0.2) is 84.5 Å². The molecule has 0 aromatic heterocycles. The Labute approximate surface area is 174 Å². The molecule has 0 aliphatic heterocycles. The average molecular weight is 411 g/mol. The topological polar surface area (TPSA) is 58.2 Å². The minimum absolute atomic E-state index is 0.159. The maximum Gasteiger partial charge on any atom is 0.209 e. The minimum Gasteiger partial charge on any atom is -0.308 e. The van der Waals surface area contributed by atoms with Crippen LogP contribution in [0.2, 0.25) is 0 Å². The lowest BCUT2D eigenvalue weighted by atomic mass is 9.93. The van der Waals surface area contributed by atoms with Crippen LogP contribution in [0.25, 0.3) is 0 Å². The molecular weight excluding hydrogens is 380 g/mol. The Morgan fingerprint density at radius 1 is 0.897 bits per heavy atom. The van der Waals surface area contributed by atoms with Gasteiger partial charge in [0.25, 0.3) is 0 Å². The first-order valence-corrected chi connectivity index (χ1v) is 12.1. The first-order chi connectivity index (χ1) is 14.0. The van der Waals surface area contributed by atoms with Crippen molar-refractivity contribution < 1.29 is 8.42 Å². The lowest BCUT2D eigenvalue weighted by molar-refractivity contribution is 0.421. The second-order valence-corrected chi connectivity index (χ2v) is 9.28. The fourth-order valence-corrected chi connectivity index (χ4v) is 4.47. The number of nitrogens with one attached hydrogen (secondary N) is 2. The van der Waals surface area contributed by atoms with Crippen molar-refractivity contribution in [1.82, 2.24) is 10.0 Å². The van der Waals surface area contributed by atoms with E-state index in [0.717, 1.165) is 43.4 Å². The third-order valence-electron chi connectivity index (χ3n) is 5.12. The first kappa shape index (κ1) is 21.5. The van der Waals surface area contributed by atoms with E-state index in [1.54, 1.807) is 0 Å². The Bertz CT molecular complexity index is 922. The Hall–Kier alpha value is -2.21. The van der Waals surface area contributed by atoms with Crippen LogP contribution in [-0.2, 0) is 10.0 Å². The summed E-state index contributed by atoms with van der Waals surface area (Å²) in [6.07, 6.45) is 12.1. The van der Waals surface area contributed by atoms with Crippen molar-refractivity contribution in [2.45, 2.75) is 37.8 Å². The Balaban J connectivity index is 1.77. The molecule has 4 nitrogen and oxygen atoms in total. The van der Waals surface area contributed by atoms with Gasteiger partial charge in [-0.1, -0.05) is 84.5 Å². The second-order valence-electron chi connectivity index (χ2n) is 7.50. The van der Waals surface area contributed by atoms with Crippen LogP contribution in [-0.4, -0.2) is 21.2 Å². The molecule has 0 saturated carbocycles. The van der Waals surface area contributed by atoms with Gasteiger partial charge in [-0.3, -0.25) is 0 Å². The molecule has 2 aromatic carbocycles. The van der Waals surface area contributed by atoms with Gasteiger partial charge in [0, 0.05) is 0 Å². The summed E-state index contributed by atoms with van der Waals surface area (Å²) >= 11 is 0. The molecule has 0 saturated heterocycles. The number of hydrogen-bond acceptors (Lipinski definition) is 3. The van der Waals surface area contributed by atoms with Gasteiger partial charge in [0.2, 0.25) is 10.0 Å². The van der Waals surface area contributed by atoms with E-state index in [-0.39, 0.29) is 12.1 Å². The van der Waals surface area contributed by atoms with E-state index in [9.17, 15) is 8.42 Å². The maximum atomic E-state index is 12.1. The van der Waals surface area contributed by atoms with E-state index in [1.165, 1.54) is 11.8 Å². The fraction of sp³-hybridized carbons (Fsp3) is 0.333. The molecule has 5 heteroatoms. The number of sulfonamides is 1. The maximum absolute atomic E-state index is 12.1. The van der Waals surface area contributed by atoms with Gasteiger partial charge in [-0.25, -0.2) is 13.1 Å². The third kappa shape index (κ3) is 6.96. The summed E-state index contributed by atoms with van der Waals surface area (Å²) < 4.78 is 27.1. The van der Waals surface area contributed by atoms with Gasteiger partial charge in [-0.05, 0) is 43.4 Å². The summed E-state index contributed by atoms with van der Waals surface area (Å²) in [5.41, 5.74) is 3.50. The molecule has 1 aliphatic rings. The highest BCUT2D eigenvalue weighted by molar-refractivity contribution is 7.88. The molecule has 0 amide bonds. The van der Waals surface area contributed by atoms with Crippen LogP contribution < -0.4 is 10.0 Å². The largest absolute Gasteiger partial charge is 0.308 e. The van der Waals surface area contributed by atoms with Gasteiger partial charge in [0.1, 0.15) is 0 Å². The van der Waals surface area contributed by atoms with Gasteiger partial charge < -0.3 is 5.32 Å². The van der Waals surface area contributed by atoms with Crippen LogP contribution in [0.1, 0.15) is 48.9 Å². The first-order valence-electron chi connectivity index (χ1n) is 10.2. The summed E-state index contributed by atoms with van der Waals surface area (Å²) in [4.78, 5) is 0. The Morgan fingerprint density at radius 3 is 2.07 bits per heavy atom. The number of rotatable bonds is 10. The smallest absolute Gasteiger partial charge is 0.209 e. The van der Waals surface area contributed by atoms with Crippen molar-refractivity contribution in [3.63, 3.8) is 0 Å². The molecule has 0 fully saturated rings. The van der Waals surface area contributed by atoms with Gasteiger partial charge in [-0.2, -0.15) is 0 Å². The van der Waals surface area contributed by atoms with Crippen molar-refractivity contribution in [3.05, 3.63) is 95.6 Å². The molecule has 2 N–H and O–H groups in total. The molecule has 154 valence electrons. The van der Waals surface area contributed by atoms with Crippen molar-refractivity contribution in [1.29, 1.82) is 0 Å². The van der Waals surface area contributed by atoms with Gasteiger partial charge in [-0.15, -0.1) is 0 Å². The van der Waals surface area contributed by atoms with E-state index >= 15 is 0 Å². The standard InChI is InChI=1S/C24H30N2O2S/c1-29(27,28)26-24(22-17-9-4-10-18-22)23(21-15-7-3-8-16-21)25-19-11-14-20-12-5-2-6-13-20/h2-5,7-10,13,15-18,23-26H,6,11-12,14,19H2,1H3. The zero-order chi connectivity index (χ0) is 20.5.